The fraction of sp³-hybridized carbons (Fsp3) is 0. The van der Waals surface area contributed by atoms with E-state index >= 15 is 0 Å². The van der Waals surface area contributed by atoms with E-state index in [0.29, 0.717) is 5.39 Å². The Kier molecular flexibility index (Phi) is 3.80. The van der Waals surface area contributed by atoms with Crippen molar-refractivity contribution >= 4 is 28.2 Å². The maximum atomic E-state index is 9.41. The minimum absolute atomic E-state index is 0.0481. The molecule has 0 saturated heterocycles. The lowest BCUT2D eigenvalue weighted by Gasteiger charge is -2.01. The van der Waals surface area contributed by atoms with Crippen molar-refractivity contribution in [1.82, 2.24) is 0 Å². The van der Waals surface area contributed by atoms with Crippen LogP contribution in [0.1, 0.15) is 0 Å². The number of nitrogens with one attached hydrogen (secondary N) is 1. The Morgan fingerprint density at radius 2 is 1.67 bits per heavy atom. The standard InChI is InChI=1S/C10H8O2.CHNS/c11-9-6-5-7-3-1-2-4-8(7)10(9)12;2-1-3/h1-6,11-12H;2H. The molecule has 0 aliphatic carbocycles. The van der Waals surface area contributed by atoms with Gasteiger partial charge < -0.3 is 10.2 Å². The number of benzene rings is 2. The van der Waals surface area contributed by atoms with Crippen LogP contribution in [0.25, 0.3) is 10.8 Å². The molecule has 2 aromatic carbocycles. The molecule has 0 saturated carbocycles. The summed E-state index contributed by atoms with van der Waals surface area (Å²) in [4.78, 5) is 0. The zero-order valence-electron chi connectivity index (χ0n) is 7.77. The number of hydrogen-bond donors (Lipinski definition) is 3. The summed E-state index contributed by atoms with van der Waals surface area (Å²) >= 11 is 3.81. The van der Waals surface area contributed by atoms with Crippen LogP contribution < -0.4 is 0 Å². The first kappa shape index (κ1) is 11.2. The second kappa shape index (κ2) is 5.10. The number of fused-ring (bicyclic) bond motifs is 1. The molecule has 0 spiro atoms. The quantitative estimate of drug-likeness (QED) is 0.362. The van der Waals surface area contributed by atoms with Crippen molar-refractivity contribution in [3.05, 3.63) is 36.4 Å². The van der Waals surface area contributed by atoms with E-state index in [9.17, 15) is 5.11 Å². The smallest absolute Gasteiger partial charge is 0.165 e. The van der Waals surface area contributed by atoms with Gasteiger partial charge in [0.15, 0.2) is 11.5 Å². The highest BCUT2D eigenvalue weighted by Crippen LogP contribution is 2.32. The summed E-state index contributed by atoms with van der Waals surface area (Å²) in [6.45, 7) is 0. The molecule has 0 unspecified atom stereocenters. The molecule has 2 aromatic rings. The van der Waals surface area contributed by atoms with E-state index in [2.05, 4.69) is 12.2 Å². The van der Waals surface area contributed by atoms with Gasteiger partial charge in [-0.15, -0.1) is 0 Å². The molecular weight excluding hydrogens is 210 g/mol. The van der Waals surface area contributed by atoms with Crippen molar-refractivity contribution in [3.63, 3.8) is 0 Å². The van der Waals surface area contributed by atoms with Crippen LogP contribution in [-0.4, -0.2) is 15.4 Å². The first-order valence-corrected chi connectivity index (χ1v) is 4.55. The lowest BCUT2D eigenvalue weighted by atomic mass is 10.1. The fourth-order valence-corrected chi connectivity index (χ4v) is 1.24. The minimum atomic E-state index is -0.0753. The Hall–Kier alpha value is -1.90. The Morgan fingerprint density at radius 3 is 2.33 bits per heavy atom. The number of phenolic OH excluding ortho intramolecular Hbond substituents is 2. The lowest BCUT2D eigenvalue weighted by Crippen LogP contribution is -1.73. The van der Waals surface area contributed by atoms with Gasteiger partial charge in [0.2, 0.25) is 0 Å². The average molecular weight is 219 g/mol. The summed E-state index contributed by atoms with van der Waals surface area (Å²) in [5, 5.41) is 27.5. The van der Waals surface area contributed by atoms with E-state index in [4.69, 9.17) is 10.5 Å². The van der Waals surface area contributed by atoms with E-state index in [1.807, 2.05) is 18.2 Å². The predicted octanol–water partition coefficient (Wildman–Crippen LogP) is 2.92. The first-order valence-electron chi connectivity index (χ1n) is 4.14. The third-order valence-electron chi connectivity index (χ3n) is 1.88. The molecular formula is C11H9NO2S. The van der Waals surface area contributed by atoms with Gasteiger partial charge in [-0.1, -0.05) is 30.3 Å². The van der Waals surface area contributed by atoms with Crippen molar-refractivity contribution in [1.29, 1.82) is 5.41 Å². The molecule has 4 heteroatoms. The highest BCUT2D eigenvalue weighted by atomic mass is 32.1. The second-order valence-corrected chi connectivity index (χ2v) is 2.96. The van der Waals surface area contributed by atoms with Crippen LogP contribution >= 0.6 is 12.2 Å². The zero-order chi connectivity index (χ0) is 11.3. The molecule has 15 heavy (non-hydrogen) atoms. The molecule has 0 aliphatic rings. The Morgan fingerprint density at radius 1 is 1.07 bits per heavy atom. The molecule has 2 rings (SSSR count). The number of isothiocyanates is 1. The largest absolute Gasteiger partial charge is 0.504 e. The van der Waals surface area contributed by atoms with E-state index in [-0.39, 0.29) is 11.5 Å². The SMILES string of the molecule is N=C=S.Oc1ccc2ccccc2c1O. The number of rotatable bonds is 0. The fourth-order valence-electron chi connectivity index (χ4n) is 1.24. The third kappa shape index (κ3) is 2.53. The van der Waals surface area contributed by atoms with E-state index in [1.54, 1.807) is 17.3 Å². The molecule has 0 fully saturated rings. The van der Waals surface area contributed by atoms with Crippen LogP contribution in [-0.2, 0) is 0 Å². The molecule has 0 aliphatic heterocycles. The van der Waals surface area contributed by atoms with E-state index in [0.717, 1.165) is 5.39 Å². The van der Waals surface area contributed by atoms with Gasteiger partial charge >= 0.3 is 0 Å². The summed E-state index contributed by atoms with van der Waals surface area (Å²) in [6, 6.07) is 10.6. The van der Waals surface area contributed by atoms with Crippen molar-refractivity contribution in [2.24, 2.45) is 0 Å². The summed E-state index contributed by atoms with van der Waals surface area (Å²) in [5.74, 6) is -0.123. The Balaban J connectivity index is 0.000000337. The predicted molar refractivity (Wildman–Crippen MR) is 62.6 cm³/mol. The number of aromatic hydroxyl groups is 2. The van der Waals surface area contributed by atoms with E-state index < -0.39 is 0 Å². The van der Waals surface area contributed by atoms with Crippen molar-refractivity contribution < 1.29 is 10.2 Å². The lowest BCUT2D eigenvalue weighted by molar-refractivity contribution is 0.408. The molecule has 0 heterocycles. The first-order chi connectivity index (χ1) is 7.20. The van der Waals surface area contributed by atoms with Gasteiger partial charge in [-0.25, -0.2) is 5.41 Å². The van der Waals surface area contributed by atoms with Crippen LogP contribution in [0.5, 0.6) is 11.5 Å². The van der Waals surface area contributed by atoms with Gasteiger partial charge in [0.1, 0.15) is 0 Å². The number of thiocarbonyl (C=S) groups is 1. The van der Waals surface area contributed by atoms with Crippen molar-refractivity contribution in [3.8, 4) is 11.5 Å². The van der Waals surface area contributed by atoms with Crippen molar-refractivity contribution in [2.45, 2.75) is 0 Å². The normalized spacial score (nSPS) is 8.80. The molecule has 0 bridgehead atoms. The minimum Gasteiger partial charge on any atom is -0.504 e. The van der Waals surface area contributed by atoms with Gasteiger partial charge in [0.05, 0.1) is 5.16 Å². The van der Waals surface area contributed by atoms with Gasteiger partial charge in [-0.2, -0.15) is 0 Å². The molecule has 0 atom stereocenters. The molecule has 0 aromatic heterocycles. The summed E-state index contributed by atoms with van der Waals surface area (Å²) in [5.41, 5.74) is 0. The average Bonchev–Trinajstić information content (AvgIpc) is 2.25. The summed E-state index contributed by atoms with van der Waals surface area (Å²) in [7, 11) is 0. The van der Waals surface area contributed by atoms with Gasteiger partial charge in [-0.3, -0.25) is 0 Å². The molecule has 0 radical (unpaired) electrons. The maximum Gasteiger partial charge on any atom is 0.165 e. The van der Waals surface area contributed by atoms with Gasteiger partial charge in [0.25, 0.3) is 0 Å². The van der Waals surface area contributed by atoms with Crippen molar-refractivity contribution in [2.75, 3.05) is 0 Å². The number of phenols is 2. The summed E-state index contributed by atoms with van der Waals surface area (Å²) < 4.78 is 0. The highest BCUT2D eigenvalue weighted by molar-refractivity contribution is 7.78. The molecule has 76 valence electrons. The van der Waals surface area contributed by atoms with Gasteiger partial charge in [-0.05, 0) is 23.7 Å². The molecule has 3 N–H and O–H groups in total. The van der Waals surface area contributed by atoms with Crippen LogP contribution in [0.15, 0.2) is 36.4 Å². The number of hydrogen-bond acceptors (Lipinski definition) is 4. The third-order valence-corrected chi connectivity index (χ3v) is 1.88. The van der Waals surface area contributed by atoms with Gasteiger partial charge in [0, 0.05) is 5.39 Å². The Bertz CT molecular complexity index is 505. The second-order valence-electron chi connectivity index (χ2n) is 2.76. The molecule has 3 nitrogen and oxygen atoms in total. The maximum absolute atomic E-state index is 9.41. The van der Waals surface area contributed by atoms with Crippen LogP contribution in [0.4, 0.5) is 0 Å². The summed E-state index contributed by atoms with van der Waals surface area (Å²) in [6.07, 6.45) is 0. The molecule has 0 amide bonds. The Labute approximate surface area is 92.1 Å². The van der Waals surface area contributed by atoms with Crippen LogP contribution in [0.2, 0.25) is 0 Å². The topological polar surface area (TPSA) is 64.3 Å². The highest BCUT2D eigenvalue weighted by Gasteiger charge is 2.02. The zero-order valence-corrected chi connectivity index (χ0v) is 8.58. The monoisotopic (exact) mass is 219 g/mol. The van der Waals surface area contributed by atoms with Crippen LogP contribution in [0, 0.1) is 5.41 Å². The van der Waals surface area contributed by atoms with Crippen LogP contribution in [0.3, 0.4) is 0 Å². The van der Waals surface area contributed by atoms with E-state index in [1.165, 1.54) is 6.07 Å².